The lowest BCUT2D eigenvalue weighted by Gasteiger charge is -2.28. The van der Waals surface area contributed by atoms with E-state index < -0.39 is 0 Å². The molecule has 4 heteroatoms. The molecule has 0 bridgehead atoms. The Morgan fingerprint density at radius 1 is 1.04 bits per heavy atom. The monoisotopic (exact) mass is 380 g/mol. The Hall–Kier alpha value is -2.33. The number of carbonyl (C=O) groups is 1. The van der Waals surface area contributed by atoms with Gasteiger partial charge in [0.1, 0.15) is 5.75 Å². The van der Waals surface area contributed by atoms with Crippen molar-refractivity contribution in [1.29, 1.82) is 0 Å². The summed E-state index contributed by atoms with van der Waals surface area (Å²) in [5, 5.41) is 3.06. The van der Waals surface area contributed by atoms with Gasteiger partial charge in [0.2, 0.25) is 0 Å². The molecule has 0 saturated carbocycles. The molecule has 0 aromatic heterocycles. The molecule has 1 atom stereocenters. The molecule has 2 aromatic carbocycles. The summed E-state index contributed by atoms with van der Waals surface area (Å²) >= 11 is 0. The third-order valence-corrected chi connectivity index (χ3v) is 5.35. The fraction of sp³-hybridized carbons (Fsp3) is 0.458. The van der Waals surface area contributed by atoms with Crippen LogP contribution in [0.3, 0.4) is 0 Å². The molecule has 28 heavy (non-hydrogen) atoms. The Bertz CT molecular complexity index is 744. The van der Waals surface area contributed by atoms with Gasteiger partial charge < -0.3 is 10.1 Å². The van der Waals surface area contributed by atoms with Crippen molar-refractivity contribution in [3.05, 3.63) is 65.7 Å². The number of nitrogens with one attached hydrogen (secondary N) is 1. The first-order valence-electron chi connectivity index (χ1n) is 10.2. The van der Waals surface area contributed by atoms with Crippen LogP contribution < -0.4 is 10.1 Å². The van der Waals surface area contributed by atoms with E-state index in [-0.39, 0.29) is 24.0 Å². The molecule has 2 aromatic rings. The second kappa shape index (κ2) is 9.24. The van der Waals surface area contributed by atoms with Crippen LogP contribution >= 0.6 is 0 Å². The summed E-state index contributed by atoms with van der Waals surface area (Å²) in [6.07, 6.45) is 2.45. The normalized spacial score (nSPS) is 16.0. The number of carbonyl (C=O) groups excluding carboxylic acids is 1. The van der Waals surface area contributed by atoms with E-state index >= 15 is 0 Å². The number of hydrogen-bond donors (Lipinski definition) is 1. The summed E-state index contributed by atoms with van der Waals surface area (Å²) in [5.74, 6) is 0.641. The van der Waals surface area contributed by atoms with E-state index in [1.807, 2.05) is 18.2 Å². The second-order valence-corrected chi connectivity index (χ2v) is 8.54. The Kier molecular flexibility index (Phi) is 6.74. The molecule has 0 radical (unpaired) electrons. The van der Waals surface area contributed by atoms with E-state index in [0.29, 0.717) is 6.54 Å². The van der Waals surface area contributed by atoms with Gasteiger partial charge in [0.15, 0.2) is 6.61 Å². The molecular weight excluding hydrogens is 348 g/mol. The summed E-state index contributed by atoms with van der Waals surface area (Å²) in [4.78, 5) is 14.8. The number of rotatable bonds is 7. The Morgan fingerprint density at radius 3 is 2.29 bits per heavy atom. The van der Waals surface area contributed by atoms with Crippen LogP contribution in [0.15, 0.2) is 54.6 Å². The van der Waals surface area contributed by atoms with Crippen LogP contribution in [0.5, 0.6) is 5.75 Å². The molecule has 3 rings (SSSR count). The highest BCUT2D eigenvalue weighted by Crippen LogP contribution is 2.25. The topological polar surface area (TPSA) is 41.6 Å². The lowest BCUT2D eigenvalue weighted by atomic mass is 9.87. The Balaban J connectivity index is 1.52. The minimum absolute atomic E-state index is 0.0381. The van der Waals surface area contributed by atoms with Gasteiger partial charge in [-0.2, -0.15) is 0 Å². The van der Waals surface area contributed by atoms with Crippen molar-refractivity contribution in [1.82, 2.24) is 10.2 Å². The first-order valence-corrected chi connectivity index (χ1v) is 10.2. The van der Waals surface area contributed by atoms with Crippen LogP contribution in [0.4, 0.5) is 0 Å². The smallest absolute Gasteiger partial charge is 0.258 e. The standard InChI is InChI=1S/C24H32N2O2/c1-24(2,3)20-11-13-21(14-12-20)28-18-23(27)25-17-22(26-15-7-8-16-26)19-9-5-4-6-10-19/h4-6,9-14,22H,7-8,15-18H2,1-3H3,(H,25,27)/t22-/m1/s1. The van der Waals surface area contributed by atoms with Gasteiger partial charge in [0.25, 0.3) is 5.91 Å². The van der Waals surface area contributed by atoms with Crippen LogP contribution in [0.1, 0.15) is 50.8 Å². The zero-order valence-electron chi connectivity index (χ0n) is 17.3. The van der Waals surface area contributed by atoms with Crippen molar-refractivity contribution in [3.63, 3.8) is 0 Å². The van der Waals surface area contributed by atoms with E-state index in [2.05, 4.69) is 67.4 Å². The molecule has 0 aliphatic carbocycles. The van der Waals surface area contributed by atoms with E-state index in [0.717, 1.165) is 18.8 Å². The lowest BCUT2D eigenvalue weighted by molar-refractivity contribution is -0.123. The molecule has 1 amide bonds. The molecule has 1 aliphatic heterocycles. The van der Waals surface area contributed by atoms with E-state index in [1.54, 1.807) is 0 Å². The minimum atomic E-state index is -0.0833. The largest absolute Gasteiger partial charge is 0.484 e. The summed E-state index contributed by atoms with van der Waals surface area (Å²) in [7, 11) is 0. The van der Waals surface area contributed by atoms with Gasteiger partial charge in [-0.05, 0) is 54.6 Å². The first kappa shape index (κ1) is 20.4. The van der Waals surface area contributed by atoms with Gasteiger partial charge in [-0.1, -0.05) is 63.2 Å². The van der Waals surface area contributed by atoms with Crippen molar-refractivity contribution in [3.8, 4) is 5.75 Å². The third-order valence-electron chi connectivity index (χ3n) is 5.35. The van der Waals surface area contributed by atoms with E-state index in [9.17, 15) is 4.79 Å². The highest BCUT2D eigenvalue weighted by molar-refractivity contribution is 5.77. The molecule has 1 fully saturated rings. The zero-order valence-corrected chi connectivity index (χ0v) is 17.3. The maximum absolute atomic E-state index is 12.3. The average molecular weight is 381 g/mol. The summed E-state index contributed by atoms with van der Waals surface area (Å²) in [6.45, 7) is 9.36. The second-order valence-electron chi connectivity index (χ2n) is 8.54. The molecule has 150 valence electrons. The molecule has 1 heterocycles. The van der Waals surface area contributed by atoms with Crippen molar-refractivity contribution in [2.24, 2.45) is 0 Å². The summed E-state index contributed by atoms with van der Waals surface area (Å²) in [6, 6.07) is 18.6. The molecule has 0 spiro atoms. The van der Waals surface area contributed by atoms with Crippen LogP contribution in [0, 0.1) is 0 Å². The van der Waals surface area contributed by atoms with Gasteiger partial charge >= 0.3 is 0 Å². The molecule has 1 N–H and O–H groups in total. The van der Waals surface area contributed by atoms with Crippen molar-refractivity contribution in [2.75, 3.05) is 26.2 Å². The molecular formula is C24H32N2O2. The lowest BCUT2D eigenvalue weighted by Crippen LogP contribution is -2.38. The fourth-order valence-corrected chi connectivity index (χ4v) is 3.65. The highest BCUT2D eigenvalue weighted by Gasteiger charge is 2.23. The maximum Gasteiger partial charge on any atom is 0.258 e. The fourth-order valence-electron chi connectivity index (χ4n) is 3.65. The van der Waals surface area contributed by atoms with Gasteiger partial charge in [-0.15, -0.1) is 0 Å². The number of nitrogens with zero attached hydrogens (tertiary/aromatic N) is 1. The van der Waals surface area contributed by atoms with Crippen LogP contribution in [0.2, 0.25) is 0 Å². The van der Waals surface area contributed by atoms with Gasteiger partial charge in [-0.25, -0.2) is 0 Å². The quantitative estimate of drug-likeness (QED) is 0.778. The predicted molar refractivity (Wildman–Crippen MR) is 114 cm³/mol. The molecule has 0 unspecified atom stereocenters. The number of ether oxygens (including phenoxy) is 1. The van der Waals surface area contributed by atoms with E-state index in [1.165, 1.54) is 24.0 Å². The first-order chi connectivity index (χ1) is 13.4. The van der Waals surface area contributed by atoms with Crippen LogP contribution in [-0.2, 0) is 10.2 Å². The summed E-state index contributed by atoms with van der Waals surface area (Å²) < 4.78 is 5.67. The van der Waals surface area contributed by atoms with Crippen molar-refractivity contribution >= 4 is 5.91 Å². The van der Waals surface area contributed by atoms with E-state index in [4.69, 9.17) is 4.74 Å². The maximum atomic E-state index is 12.3. The highest BCUT2D eigenvalue weighted by atomic mass is 16.5. The zero-order chi connectivity index (χ0) is 20.0. The molecule has 4 nitrogen and oxygen atoms in total. The SMILES string of the molecule is CC(C)(C)c1ccc(OCC(=O)NC[C@H](c2ccccc2)N2CCCC2)cc1. The average Bonchev–Trinajstić information content (AvgIpc) is 3.21. The number of benzene rings is 2. The summed E-state index contributed by atoms with van der Waals surface area (Å²) in [5.41, 5.74) is 2.61. The Labute approximate surface area is 168 Å². The van der Waals surface area contributed by atoms with Crippen LogP contribution in [0.25, 0.3) is 0 Å². The van der Waals surface area contributed by atoms with Gasteiger partial charge in [0.05, 0.1) is 6.04 Å². The molecule has 1 saturated heterocycles. The number of likely N-dealkylation sites (tertiary alicyclic amines) is 1. The molecule has 1 aliphatic rings. The predicted octanol–water partition coefficient (Wildman–Crippen LogP) is 4.32. The third kappa shape index (κ3) is 5.59. The van der Waals surface area contributed by atoms with Crippen LogP contribution in [-0.4, -0.2) is 37.0 Å². The van der Waals surface area contributed by atoms with Gasteiger partial charge in [-0.3, -0.25) is 9.69 Å². The minimum Gasteiger partial charge on any atom is -0.484 e. The number of amides is 1. The van der Waals surface area contributed by atoms with Crippen molar-refractivity contribution in [2.45, 2.75) is 45.1 Å². The van der Waals surface area contributed by atoms with Gasteiger partial charge in [0, 0.05) is 6.54 Å². The number of hydrogen-bond acceptors (Lipinski definition) is 3. The van der Waals surface area contributed by atoms with Crippen molar-refractivity contribution < 1.29 is 9.53 Å². The Morgan fingerprint density at radius 2 is 1.68 bits per heavy atom.